The minimum Gasteiger partial charge on any atom is -0.324 e. The Labute approximate surface area is 210 Å². The number of halogens is 1. The van der Waals surface area contributed by atoms with Gasteiger partial charge in [-0.1, -0.05) is 48.0 Å². The van der Waals surface area contributed by atoms with E-state index in [-0.39, 0.29) is 17.2 Å². The molecular weight excluding hydrogens is 486 g/mol. The largest absolute Gasteiger partial charge is 0.324 e. The fourth-order valence-corrected chi connectivity index (χ4v) is 5.55. The van der Waals surface area contributed by atoms with Crippen molar-refractivity contribution in [2.24, 2.45) is 0 Å². The number of carbonyl (C=O) groups excluding carboxylic acids is 2. The van der Waals surface area contributed by atoms with Crippen molar-refractivity contribution < 1.29 is 18.0 Å². The van der Waals surface area contributed by atoms with Crippen molar-refractivity contribution in [3.8, 4) is 0 Å². The first-order valence-corrected chi connectivity index (χ1v) is 13.0. The molecule has 0 aliphatic carbocycles. The zero-order valence-corrected chi connectivity index (χ0v) is 21.0. The van der Waals surface area contributed by atoms with Crippen molar-refractivity contribution >= 4 is 44.8 Å². The highest BCUT2D eigenvalue weighted by Gasteiger charge is 2.29. The number of nitrogens with zero attached hydrogens (tertiary/aromatic N) is 1. The lowest BCUT2D eigenvalue weighted by molar-refractivity contribution is -0.118. The first kappa shape index (κ1) is 24.9. The molecule has 182 valence electrons. The van der Waals surface area contributed by atoms with Gasteiger partial charge in [0.2, 0.25) is 21.8 Å². The topological polar surface area (TPSA) is 95.6 Å². The highest BCUT2D eigenvalue weighted by atomic mass is 35.5. The number of hydrogen-bond donors (Lipinski definition) is 2. The van der Waals surface area contributed by atoms with Crippen LogP contribution in [0.2, 0.25) is 5.02 Å². The molecule has 35 heavy (non-hydrogen) atoms. The van der Waals surface area contributed by atoms with Gasteiger partial charge in [0, 0.05) is 29.9 Å². The number of sulfonamides is 1. The summed E-state index contributed by atoms with van der Waals surface area (Å²) in [6.45, 7) is 3.78. The van der Waals surface area contributed by atoms with Crippen molar-refractivity contribution in [1.29, 1.82) is 0 Å². The van der Waals surface area contributed by atoms with Crippen LogP contribution in [0.1, 0.15) is 23.6 Å². The van der Waals surface area contributed by atoms with Gasteiger partial charge >= 0.3 is 0 Å². The summed E-state index contributed by atoms with van der Waals surface area (Å²) in [5, 5.41) is 3.31. The number of benzene rings is 3. The summed E-state index contributed by atoms with van der Waals surface area (Å²) < 4.78 is 29.3. The van der Waals surface area contributed by atoms with Crippen LogP contribution in [0, 0.1) is 6.92 Å². The van der Waals surface area contributed by atoms with Gasteiger partial charge in [-0.15, -0.1) is 0 Å². The quantitative estimate of drug-likeness (QED) is 0.499. The highest BCUT2D eigenvalue weighted by molar-refractivity contribution is 7.89. The molecule has 0 spiro atoms. The minimum atomic E-state index is -4.03. The molecule has 3 aromatic rings. The van der Waals surface area contributed by atoms with E-state index in [0.717, 1.165) is 11.1 Å². The molecule has 1 aliphatic rings. The molecule has 9 heteroatoms. The van der Waals surface area contributed by atoms with Crippen LogP contribution >= 0.6 is 11.6 Å². The summed E-state index contributed by atoms with van der Waals surface area (Å²) >= 11 is 6.18. The van der Waals surface area contributed by atoms with Crippen LogP contribution in [0.15, 0.2) is 71.6 Å². The van der Waals surface area contributed by atoms with E-state index < -0.39 is 22.0 Å². The smallest absolute Gasteiger partial charge is 0.242 e. The van der Waals surface area contributed by atoms with Gasteiger partial charge in [0.05, 0.1) is 4.90 Å². The lowest BCUT2D eigenvalue weighted by Crippen LogP contribution is -2.45. The van der Waals surface area contributed by atoms with Crippen molar-refractivity contribution in [1.82, 2.24) is 4.72 Å². The van der Waals surface area contributed by atoms with E-state index >= 15 is 0 Å². The number of amides is 2. The molecule has 2 N–H and O–H groups in total. The highest BCUT2D eigenvalue weighted by Crippen LogP contribution is 2.30. The van der Waals surface area contributed by atoms with E-state index in [9.17, 15) is 18.0 Å². The second kappa shape index (κ2) is 10.2. The standard InChI is InChI=1S/C26H26ClN3O4S/c1-17-22(27)9-6-10-23(17)28-26(32)24(15-19-7-4-3-5-8-19)29-35(33,34)21-11-12-25-20(16-21)13-14-30(25)18(2)31/h3-12,16,24,29H,13-15H2,1-2H3,(H,28,32)/t24-/m1/s1. The molecule has 0 saturated heterocycles. The molecular formula is C26H26ClN3O4S. The van der Waals surface area contributed by atoms with Crippen LogP contribution in [0.3, 0.4) is 0 Å². The lowest BCUT2D eigenvalue weighted by Gasteiger charge is -2.20. The summed E-state index contributed by atoms with van der Waals surface area (Å²) in [6.07, 6.45) is 0.731. The van der Waals surface area contributed by atoms with E-state index in [2.05, 4.69) is 10.0 Å². The molecule has 0 aromatic heterocycles. The fraction of sp³-hybridized carbons (Fsp3) is 0.231. The zero-order valence-electron chi connectivity index (χ0n) is 19.4. The lowest BCUT2D eigenvalue weighted by atomic mass is 10.1. The van der Waals surface area contributed by atoms with Crippen LogP contribution < -0.4 is 14.9 Å². The third-order valence-electron chi connectivity index (χ3n) is 6.06. The van der Waals surface area contributed by atoms with E-state index in [1.165, 1.54) is 13.0 Å². The van der Waals surface area contributed by atoms with Crippen LogP contribution in [-0.2, 0) is 32.5 Å². The number of hydrogen-bond acceptors (Lipinski definition) is 4. The summed E-state index contributed by atoms with van der Waals surface area (Å²) in [6, 6.07) is 18.0. The van der Waals surface area contributed by atoms with Crippen molar-refractivity contribution in [2.45, 2.75) is 37.6 Å². The third-order valence-corrected chi connectivity index (χ3v) is 7.94. The zero-order chi connectivity index (χ0) is 25.2. The van der Waals surface area contributed by atoms with E-state index in [0.29, 0.717) is 34.9 Å². The summed E-state index contributed by atoms with van der Waals surface area (Å²) in [5.41, 5.74) is 3.51. The molecule has 4 rings (SSSR count). The Morgan fingerprint density at radius 3 is 2.51 bits per heavy atom. The maximum absolute atomic E-state index is 13.3. The van der Waals surface area contributed by atoms with Crippen molar-refractivity contribution in [2.75, 3.05) is 16.8 Å². The Bertz CT molecular complexity index is 1380. The van der Waals surface area contributed by atoms with Gasteiger partial charge in [-0.3, -0.25) is 9.59 Å². The predicted octanol–water partition coefficient (Wildman–Crippen LogP) is 4.09. The molecule has 1 atom stereocenters. The Balaban J connectivity index is 1.61. The second-order valence-electron chi connectivity index (χ2n) is 8.48. The number of carbonyl (C=O) groups is 2. The molecule has 0 unspecified atom stereocenters. The average Bonchev–Trinajstić information content (AvgIpc) is 3.26. The third kappa shape index (κ3) is 5.56. The predicted molar refractivity (Wildman–Crippen MR) is 137 cm³/mol. The second-order valence-corrected chi connectivity index (χ2v) is 10.6. The normalized spacial score (nSPS) is 13.9. The first-order valence-electron chi connectivity index (χ1n) is 11.2. The van der Waals surface area contributed by atoms with Gasteiger partial charge in [-0.05, 0) is 66.8 Å². The van der Waals surface area contributed by atoms with Crippen LogP contribution in [0.4, 0.5) is 11.4 Å². The number of anilines is 2. The van der Waals surface area contributed by atoms with Crippen molar-refractivity contribution in [3.63, 3.8) is 0 Å². The molecule has 0 radical (unpaired) electrons. The number of fused-ring (bicyclic) bond motifs is 1. The Morgan fingerprint density at radius 2 is 1.80 bits per heavy atom. The van der Waals surface area contributed by atoms with Gasteiger partial charge in [-0.25, -0.2) is 8.42 Å². The van der Waals surface area contributed by atoms with Crippen molar-refractivity contribution in [3.05, 3.63) is 88.4 Å². The fourth-order valence-electron chi connectivity index (χ4n) is 4.13. The Hall–Kier alpha value is -3.20. The SMILES string of the molecule is CC(=O)N1CCc2cc(S(=O)(=O)N[C@H](Cc3ccccc3)C(=O)Nc3cccc(Cl)c3C)ccc21. The molecule has 1 aliphatic heterocycles. The maximum atomic E-state index is 13.3. The summed E-state index contributed by atoms with van der Waals surface area (Å²) in [4.78, 5) is 26.8. The van der Waals surface area contributed by atoms with Crippen LogP contribution in [-0.4, -0.2) is 32.8 Å². The monoisotopic (exact) mass is 511 g/mol. The van der Waals surface area contributed by atoms with Gasteiger partial charge in [0.15, 0.2) is 0 Å². The van der Waals surface area contributed by atoms with E-state index in [1.807, 2.05) is 30.3 Å². The molecule has 0 saturated carbocycles. The number of nitrogens with one attached hydrogen (secondary N) is 2. The van der Waals surface area contributed by atoms with Crippen LogP contribution in [0.5, 0.6) is 0 Å². The summed E-state index contributed by atoms with van der Waals surface area (Å²) in [7, 11) is -4.03. The average molecular weight is 512 g/mol. The van der Waals surface area contributed by atoms with Gasteiger partial charge in [0.1, 0.15) is 6.04 Å². The molecule has 3 aromatic carbocycles. The molecule has 1 heterocycles. The molecule has 0 fully saturated rings. The van der Waals surface area contributed by atoms with E-state index in [4.69, 9.17) is 11.6 Å². The number of rotatable bonds is 7. The van der Waals surface area contributed by atoms with E-state index in [1.54, 1.807) is 42.2 Å². The molecule has 7 nitrogen and oxygen atoms in total. The minimum absolute atomic E-state index is 0.0476. The van der Waals surface area contributed by atoms with Gasteiger partial charge in [-0.2, -0.15) is 4.72 Å². The van der Waals surface area contributed by atoms with Crippen LogP contribution in [0.25, 0.3) is 0 Å². The summed E-state index contributed by atoms with van der Waals surface area (Å²) in [5.74, 6) is -0.583. The maximum Gasteiger partial charge on any atom is 0.242 e. The molecule has 0 bridgehead atoms. The Morgan fingerprint density at radius 1 is 1.06 bits per heavy atom. The molecule has 2 amide bonds. The first-order chi connectivity index (χ1) is 16.7. The van der Waals surface area contributed by atoms with Gasteiger partial charge < -0.3 is 10.2 Å². The Kier molecular flexibility index (Phi) is 7.25. The van der Waals surface area contributed by atoms with Gasteiger partial charge in [0.25, 0.3) is 0 Å².